The first-order chi connectivity index (χ1) is 12.9. The average molecular weight is 421 g/mol. The molecule has 148 valence electrons. The average Bonchev–Trinajstić information content (AvgIpc) is 2.75. The summed E-state index contributed by atoms with van der Waals surface area (Å²) in [6.07, 6.45) is 0. The van der Waals surface area contributed by atoms with Gasteiger partial charge in [-0.2, -0.15) is 0 Å². The molecule has 0 saturated carbocycles. The van der Waals surface area contributed by atoms with Gasteiger partial charge in [-0.05, 0) is 69.2 Å². The van der Waals surface area contributed by atoms with Gasteiger partial charge in [0.1, 0.15) is 0 Å². The maximum Gasteiger partial charge on any atom is 0.255 e. The molecule has 2 aromatic carbocycles. The normalized spacial score (nSPS) is 17.6. The molecule has 1 N–H and O–H groups in total. The molecule has 28 heavy (non-hydrogen) atoms. The number of sulfonamides is 1. The van der Waals surface area contributed by atoms with Gasteiger partial charge in [0.05, 0.1) is 21.9 Å². The standard InChI is InChI=1S/C20H21ClN2O4S/c1-12-5-7-15(9-13(12)2)22-18(24)14-6-8-16(21)17(10-14)23-19(25)20(3,4)11-28(23,26)27/h5-10H,11H2,1-4H3,(H,22,24). The number of hydrogen-bond donors (Lipinski definition) is 1. The Morgan fingerprint density at radius 2 is 1.79 bits per heavy atom. The first-order valence-electron chi connectivity index (χ1n) is 8.68. The smallest absolute Gasteiger partial charge is 0.255 e. The molecule has 0 radical (unpaired) electrons. The molecule has 0 atom stereocenters. The van der Waals surface area contributed by atoms with Gasteiger partial charge in [0, 0.05) is 11.3 Å². The molecule has 1 aliphatic rings. The number of carbonyl (C=O) groups is 2. The molecule has 0 aliphatic carbocycles. The molecule has 1 fully saturated rings. The zero-order valence-electron chi connectivity index (χ0n) is 16.0. The molecule has 0 spiro atoms. The fourth-order valence-electron chi connectivity index (χ4n) is 3.07. The van der Waals surface area contributed by atoms with E-state index in [1.54, 1.807) is 19.9 Å². The van der Waals surface area contributed by atoms with E-state index in [-0.39, 0.29) is 22.0 Å². The monoisotopic (exact) mass is 420 g/mol. The van der Waals surface area contributed by atoms with Crippen molar-refractivity contribution in [3.8, 4) is 0 Å². The molecule has 3 rings (SSSR count). The highest BCUT2D eigenvalue weighted by molar-refractivity contribution is 7.94. The number of benzene rings is 2. The van der Waals surface area contributed by atoms with Crippen LogP contribution in [0.25, 0.3) is 0 Å². The molecular formula is C20H21ClN2O4S. The summed E-state index contributed by atoms with van der Waals surface area (Å²) < 4.78 is 25.8. The molecule has 6 nitrogen and oxygen atoms in total. The van der Waals surface area contributed by atoms with Gasteiger partial charge in [-0.25, -0.2) is 12.7 Å². The van der Waals surface area contributed by atoms with Crippen LogP contribution in [0.1, 0.15) is 35.3 Å². The number of nitrogens with one attached hydrogen (secondary N) is 1. The zero-order valence-corrected chi connectivity index (χ0v) is 17.6. The Hall–Kier alpha value is -2.38. The van der Waals surface area contributed by atoms with Crippen molar-refractivity contribution in [1.29, 1.82) is 0 Å². The van der Waals surface area contributed by atoms with Gasteiger partial charge in [-0.1, -0.05) is 17.7 Å². The van der Waals surface area contributed by atoms with Gasteiger partial charge >= 0.3 is 0 Å². The molecule has 2 aromatic rings. The van der Waals surface area contributed by atoms with Crippen LogP contribution in [0, 0.1) is 19.3 Å². The van der Waals surface area contributed by atoms with Crippen LogP contribution in [0.5, 0.6) is 0 Å². The van der Waals surface area contributed by atoms with Crippen molar-refractivity contribution in [3.63, 3.8) is 0 Å². The third kappa shape index (κ3) is 3.64. The Balaban J connectivity index is 1.96. The van der Waals surface area contributed by atoms with Gasteiger partial charge in [-0.15, -0.1) is 0 Å². The van der Waals surface area contributed by atoms with Crippen molar-refractivity contribution in [2.24, 2.45) is 5.41 Å². The molecule has 8 heteroatoms. The number of aryl methyl sites for hydroxylation is 2. The van der Waals surface area contributed by atoms with Crippen molar-refractivity contribution in [2.45, 2.75) is 27.7 Å². The van der Waals surface area contributed by atoms with Crippen molar-refractivity contribution < 1.29 is 18.0 Å². The maximum absolute atomic E-state index is 12.7. The van der Waals surface area contributed by atoms with Crippen molar-refractivity contribution in [1.82, 2.24) is 0 Å². The lowest BCUT2D eigenvalue weighted by atomic mass is 9.95. The molecule has 0 bridgehead atoms. The topological polar surface area (TPSA) is 83.6 Å². The second-order valence-electron chi connectivity index (χ2n) is 7.63. The molecular weight excluding hydrogens is 400 g/mol. The molecule has 2 amide bonds. The summed E-state index contributed by atoms with van der Waals surface area (Å²) >= 11 is 6.18. The van der Waals surface area contributed by atoms with E-state index in [1.165, 1.54) is 18.2 Å². The number of hydrogen-bond acceptors (Lipinski definition) is 4. The second-order valence-corrected chi connectivity index (χ2v) is 9.85. The van der Waals surface area contributed by atoms with E-state index in [1.807, 2.05) is 26.0 Å². The summed E-state index contributed by atoms with van der Waals surface area (Å²) in [6.45, 7) is 7.05. The van der Waals surface area contributed by atoms with Crippen molar-refractivity contribution in [3.05, 3.63) is 58.1 Å². The lowest BCUT2D eigenvalue weighted by Gasteiger charge is -2.19. The van der Waals surface area contributed by atoms with Crippen LogP contribution in [-0.2, 0) is 14.8 Å². The summed E-state index contributed by atoms with van der Waals surface area (Å²) in [5, 5.41) is 2.86. The zero-order chi connectivity index (χ0) is 20.9. The summed E-state index contributed by atoms with van der Waals surface area (Å²) in [7, 11) is -3.86. The van der Waals surface area contributed by atoms with Gasteiger partial charge in [0.15, 0.2) is 0 Å². The number of amides is 2. The minimum Gasteiger partial charge on any atom is -0.322 e. The van der Waals surface area contributed by atoms with Crippen LogP contribution in [0.4, 0.5) is 11.4 Å². The van der Waals surface area contributed by atoms with E-state index in [0.717, 1.165) is 11.1 Å². The van der Waals surface area contributed by atoms with E-state index in [2.05, 4.69) is 5.32 Å². The Morgan fingerprint density at radius 3 is 2.36 bits per heavy atom. The summed E-state index contributed by atoms with van der Waals surface area (Å²) in [5.41, 5.74) is 1.89. The molecule has 0 unspecified atom stereocenters. The van der Waals surface area contributed by atoms with E-state index in [9.17, 15) is 18.0 Å². The van der Waals surface area contributed by atoms with Gasteiger partial charge < -0.3 is 5.32 Å². The van der Waals surface area contributed by atoms with Crippen LogP contribution in [0.3, 0.4) is 0 Å². The fraction of sp³-hybridized carbons (Fsp3) is 0.300. The van der Waals surface area contributed by atoms with Crippen LogP contribution in [0.15, 0.2) is 36.4 Å². The number of nitrogens with zero attached hydrogens (tertiary/aromatic N) is 1. The van der Waals surface area contributed by atoms with E-state index in [4.69, 9.17) is 11.6 Å². The molecule has 1 heterocycles. The number of rotatable bonds is 3. The Kier molecular flexibility index (Phi) is 5.02. The fourth-order valence-corrected chi connectivity index (χ4v) is 5.44. The third-order valence-corrected chi connectivity index (χ3v) is 7.10. The SMILES string of the molecule is Cc1ccc(NC(=O)c2ccc(Cl)c(N3C(=O)C(C)(C)CS3(=O)=O)c2)cc1C. The van der Waals surface area contributed by atoms with E-state index >= 15 is 0 Å². The summed E-state index contributed by atoms with van der Waals surface area (Å²) in [6, 6.07) is 9.77. The van der Waals surface area contributed by atoms with Crippen LogP contribution >= 0.6 is 11.6 Å². The summed E-state index contributed by atoms with van der Waals surface area (Å²) in [5.74, 6) is -1.31. The first-order valence-corrected chi connectivity index (χ1v) is 10.7. The van der Waals surface area contributed by atoms with Crippen LogP contribution in [0.2, 0.25) is 5.02 Å². The van der Waals surface area contributed by atoms with Crippen LogP contribution < -0.4 is 9.62 Å². The minimum absolute atomic E-state index is 0.00928. The van der Waals surface area contributed by atoms with E-state index < -0.39 is 27.3 Å². The Bertz CT molecular complexity index is 1090. The van der Waals surface area contributed by atoms with Crippen LogP contribution in [-0.4, -0.2) is 26.0 Å². The van der Waals surface area contributed by atoms with Gasteiger partial charge in [-0.3, -0.25) is 9.59 Å². The maximum atomic E-state index is 12.7. The third-order valence-electron chi connectivity index (χ3n) is 4.78. The highest BCUT2D eigenvalue weighted by atomic mass is 35.5. The highest BCUT2D eigenvalue weighted by Gasteiger charge is 2.50. The Labute approximate surface area is 169 Å². The van der Waals surface area contributed by atoms with E-state index in [0.29, 0.717) is 9.99 Å². The van der Waals surface area contributed by atoms with Gasteiger partial charge in [0.25, 0.3) is 5.91 Å². The number of halogens is 1. The highest BCUT2D eigenvalue weighted by Crippen LogP contribution is 2.39. The van der Waals surface area contributed by atoms with Crippen molar-refractivity contribution in [2.75, 3.05) is 15.4 Å². The lowest BCUT2D eigenvalue weighted by Crippen LogP contribution is -2.33. The molecule has 0 aromatic heterocycles. The van der Waals surface area contributed by atoms with Gasteiger partial charge in [0.2, 0.25) is 15.9 Å². The van der Waals surface area contributed by atoms with Crippen molar-refractivity contribution >= 4 is 44.8 Å². The Morgan fingerprint density at radius 1 is 1.11 bits per heavy atom. The molecule has 1 aliphatic heterocycles. The lowest BCUT2D eigenvalue weighted by molar-refractivity contribution is -0.123. The largest absolute Gasteiger partial charge is 0.322 e. The predicted octanol–water partition coefficient (Wildman–Crippen LogP) is 3.91. The quantitative estimate of drug-likeness (QED) is 0.815. The first kappa shape index (κ1) is 20.4. The molecule has 1 saturated heterocycles. The number of carbonyl (C=O) groups excluding carboxylic acids is 2. The summed E-state index contributed by atoms with van der Waals surface area (Å²) in [4.78, 5) is 25.3. The predicted molar refractivity (Wildman–Crippen MR) is 110 cm³/mol. The number of anilines is 2. The second kappa shape index (κ2) is 6.90. The minimum atomic E-state index is -3.86.